The lowest BCUT2D eigenvalue weighted by molar-refractivity contribution is -0.0499. The van der Waals surface area contributed by atoms with Crippen LogP contribution in [0.5, 0.6) is 5.75 Å². The first kappa shape index (κ1) is 20.7. The molecule has 0 bridgehead atoms. The maximum Gasteiger partial charge on any atom is 0.534 e. The van der Waals surface area contributed by atoms with Gasteiger partial charge in [0.2, 0.25) is 5.69 Å². The van der Waals surface area contributed by atoms with Crippen molar-refractivity contribution in [2.45, 2.75) is 19.4 Å². The molecule has 144 valence electrons. The predicted octanol–water partition coefficient (Wildman–Crippen LogP) is 4.07. The van der Waals surface area contributed by atoms with Crippen LogP contribution < -0.4 is 4.18 Å². The summed E-state index contributed by atoms with van der Waals surface area (Å²) < 4.78 is 68.5. The molecule has 0 unspecified atom stereocenters. The number of hydrogen-bond acceptors (Lipinski definition) is 7. The van der Waals surface area contributed by atoms with Crippen LogP contribution in [0.2, 0.25) is 0 Å². The highest BCUT2D eigenvalue weighted by atomic mass is 32.2. The fourth-order valence-electron chi connectivity index (χ4n) is 1.88. The molecule has 1 heterocycles. The molecule has 12 heteroatoms. The summed E-state index contributed by atoms with van der Waals surface area (Å²) in [5.41, 5.74) is -5.38. The van der Waals surface area contributed by atoms with Crippen molar-refractivity contribution in [3.05, 3.63) is 40.2 Å². The van der Waals surface area contributed by atoms with Crippen LogP contribution in [0.4, 0.5) is 18.9 Å². The van der Waals surface area contributed by atoms with E-state index in [1.165, 1.54) is 6.07 Å². The summed E-state index contributed by atoms with van der Waals surface area (Å²) in [5, 5.41) is 0.311. The molecular formula is C15H11F3N2O5S2. The number of carbonyl (C=O) groups excluding carboxylic acids is 1. The largest absolute Gasteiger partial charge is 0.534 e. The summed E-state index contributed by atoms with van der Waals surface area (Å²) in [7, 11) is -5.90. The van der Waals surface area contributed by atoms with Gasteiger partial charge in [-0.15, -0.1) is 11.3 Å². The molecule has 2 aromatic rings. The molecular weight excluding hydrogens is 409 g/mol. The van der Waals surface area contributed by atoms with Gasteiger partial charge in [0.05, 0.1) is 18.9 Å². The van der Waals surface area contributed by atoms with Gasteiger partial charge in [-0.2, -0.15) is 21.6 Å². The number of halogens is 3. The van der Waals surface area contributed by atoms with Gasteiger partial charge < -0.3 is 8.92 Å². The number of thiazole rings is 1. The second-order valence-corrected chi connectivity index (χ2v) is 7.47. The van der Waals surface area contributed by atoms with E-state index in [9.17, 15) is 26.4 Å². The van der Waals surface area contributed by atoms with E-state index < -0.39 is 33.0 Å². The first-order valence-corrected chi connectivity index (χ1v) is 9.39. The van der Waals surface area contributed by atoms with Crippen LogP contribution in [-0.2, 0) is 14.9 Å². The zero-order valence-corrected chi connectivity index (χ0v) is 15.5. The molecule has 1 aromatic carbocycles. The van der Waals surface area contributed by atoms with Crippen LogP contribution >= 0.6 is 11.3 Å². The van der Waals surface area contributed by atoms with Gasteiger partial charge in [0.15, 0.2) is 0 Å². The number of aromatic nitrogens is 1. The lowest BCUT2D eigenvalue weighted by Crippen LogP contribution is -2.28. The summed E-state index contributed by atoms with van der Waals surface area (Å²) >= 11 is 0.975. The third-order valence-electron chi connectivity index (χ3n) is 3.07. The average molecular weight is 420 g/mol. The van der Waals surface area contributed by atoms with E-state index in [2.05, 4.69) is 14.0 Å². The number of hydrogen-bond donors (Lipinski definition) is 0. The summed E-state index contributed by atoms with van der Waals surface area (Å²) in [6, 6.07) is 3.29. The summed E-state index contributed by atoms with van der Waals surface area (Å²) in [6.07, 6.45) is 0. The normalized spacial score (nSPS) is 11.7. The summed E-state index contributed by atoms with van der Waals surface area (Å²) in [5.74, 6) is -1.33. The third-order valence-corrected chi connectivity index (χ3v) is 5.22. The molecule has 0 atom stereocenters. The Kier molecular flexibility index (Phi) is 5.76. The van der Waals surface area contributed by atoms with Crippen molar-refractivity contribution in [2.24, 2.45) is 0 Å². The van der Waals surface area contributed by atoms with Crippen molar-refractivity contribution >= 4 is 33.1 Å². The van der Waals surface area contributed by atoms with Gasteiger partial charge in [0, 0.05) is 5.56 Å². The van der Waals surface area contributed by atoms with Crippen LogP contribution in [0.1, 0.15) is 22.3 Å². The van der Waals surface area contributed by atoms with E-state index in [4.69, 9.17) is 11.3 Å². The van der Waals surface area contributed by atoms with Crippen molar-refractivity contribution in [1.82, 2.24) is 4.98 Å². The van der Waals surface area contributed by atoms with Gasteiger partial charge in [0.1, 0.15) is 15.6 Å². The number of nitrogens with zero attached hydrogens (tertiary/aromatic N) is 2. The second kappa shape index (κ2) is 7.53. The van der Waals surface area contributed by atoms with E-state index in [1.807, 2.05) is 0 Å². The molecule has 1 aromatic heterocycles. The Morgan fingerprint density at radius 1 is 1.37 bits per heavy atom. The van der Waals surface area contributed by atoms with E-state index in [0.29, 0.717) is 16.3 Å². The Bertz CT molecular complexity index is 1020. The number of aryl methyl sites for hydroxylation is 1. The van der Waals surface area contributed by atoms with Crippen molar-refractivity contribution in [1.29, 1.82) is 0 Å². The maximum atomic E-state index is 12.4. The molecule has 0 aliphatic heterocycles. The van der Waals surface area contributed by atoms with Crippen LogP contribution in [0.25, 0.3) is 15.4 Å². The topological polar surface area (TPSA) is 86.9 Å². The highest BCUT2D eigenvalue weighted by Gasteiger charge is 2.48. The first-order chi connectivity index (χ1) is 12.5. The number of carbonyl (C=O) groups is 1. The second-order valence-electron chi connectivity index (χ2n) is 4.93. The molecule has 0 saturated heterocycles. The molecule has 0 saturated carbocycles. The molecule has 0 fully saturated rings. The Labute approximate surface area is 156 Å². The minimum atomic E-state index is -5.90. The van der Waals surface area contributed by atoms with Gasteiger partial charge >= 0.3 is 21.6 Å². The van der Waals surface area contributed by atoms with E-state index >= 15 is 0 Å². The van der Waals surface area contributed by atoms with E-state index in [0.717, 1.165) is 23.5 Å². The monoisotopic (exact) mass is 420 g/mol. The Morgan fingerprint density at radius 3 is 2.59 bits per heavy atom. The van der Waals surface area contributed by atoms with E-state index in [1.54, 1.807) is 13.8 Å². The van der Waals surface area contributed by atoms with E-state index in [-0.39, 0.29) is 11.5 Å². The molecule has 27 heavy (non-hydrogen) atoms. The van der Waals surface area contributed by atoms with Gasteiger partial charge in [-0.25, -0.2) is 14.6 Å². The minimum Gasteiger partial charge on any atom is -0.462 e. The Balaban J connectivity index is 2.42. The van der Waals surface area contributed by atoms with Gasteiger partial charge in [-0.3, -0.25) is 0 Å². The van der Waals surface area contributed by atoms with Gasteiger partial charge in [-0.1, -0.05) is 6.07 Å². The number of alkyl halides is 3. The standard InChI is InChI=1S/C15H11F3N2O5S2/c1-4-24-14(21)12-8(2)20-13(26-12)9-5-6-11(10(7-9)19-3)25-27(22,23)15(16,17)18/h5-7H,4H2,1-2H3. The molecule has 0 aliphatic carbocycles. The van der Waals surface area contributed by atoms with Crippen molar-refractivity contribution in [3.8, 4) is 16.3 Å². The number of esters is 1. The molecule has 0 radical (unpaired) electrons. The molecule has 2 rings (SSSR count). The van der Waals surface area contributed by atoms with Crippen LogP contribution in [0, 0.1) is 13.5 Å². The summed E-state index contributed by atoms with van der Waals surface area (Å²) in [6.45, 7) is 10.5. The molecule has 0 aliphatic rings. The Hall–Kier alpha value is -2.65. The fraction of sp³-hybridized carbons (Fsp3) is 0.267. The lowest BCUT2D eigenvalue weighted by atomic mass is 10.2. The number of rotatable bonds is 5. The van der Waals surface area contributed by atoms with Crippen LogP contribution in [0.15, 0.2) is 18.2 Å². The quantitative estimate of drug-likeness (QED) is 0.314. The third kappa shape index (κ3) is 4.37. The fourth-order valence-corrected chi connectivity index (χ4v) is 3.31. The highest BCUT2D eigenvalue weighted by molar-refractivity contribution is 7.88. The van der Waals surface area contributed by atoms with Crippen molar-refractivity contribution in [3.63, 3.8) is 0 Å². The van der Waals surface area contributed by atoms with Crippen molar-refractivity contribution in [2.75, 3.05) is 6.61 Å². The molecule has 0 amide bonds. The first-order valence-electron chi connectivity index (χ1n) is 7.17. The molecule has 7 nitrogen and oxygen atoms in total. The average Bonchev–Trinajstić information content (AvgIpc) is 2.96. The highest BCUT2D eigenvalue weighted by Crippen LogP contribution is 2.38. The number of ether oxygens (including phenoxy) is 1. The van der Waals surface area contributed by atoms with Gasteiger partial charge in [-0.05, 0) is 26.0 Å². The smallest absolute Gasteiger partial charge is 0.462 e. The maximum absolute atomic E-state index is 12.4. The van der Waals surface area contributed by atoms with Crippen LogP contribution in [-0.4, -0.2) is 31.5 Å². The predicted molar refractivity (Wildman–Crippen MR) is 90.1 cm³/mol. The molecule has 0 spiro atoms. The Morgan fingerprint density at radius 2 is 2.04 bits per heavy atom. The lowest BCUT2D eigenvalue weighted by Gasteiger charge is -2.11. The van der Waals surface area contributed by atoms with Gasteiger partial charge in [0.25, 0.3) is 0 Å². The SMILES string of the molecule is [C-]#[N+]c1cc(-c2nc(C)c(C(=O)OCC)s2)ccc1OS(=O)(=O)C(F)(F)F. The number of benzene rings is 1. The minimum absolute atomic E-state index is 0.174. The zero-order valence-electron chi connectivity index (χ0n) is 13.8. The van der Waals surface area contributed by atoms with Crippen LogP contribution in [0.3, 0.4) is 0 Å². The zero-order chi connectivity index (χ0) is 20.4. The van der Waals surface area contributed by atoms with Crippen molar-refractivity contribution < 1.29 is 35.3 Å². The summed E-state index contributed by atoms with van der Waals surface area (Å²) in [4.78, 5) is 19.3. The molecule has 0 N–H and O–H groups in total.